The molecule has 2 atom stereocenters. The highest BCUT2D eigenvalue weighted by atomic mass is 15.3. The largest absolute Gasteiger partial charge is 0.323 e. The number of nitrogens with one attached hydrogen (secondary N) is 1. The van der Waals surface area contributed by atoms with Gasteiger partial charge in [-0.3, -0.25) is 4.68 Å². The molecular weight excluding hydrogens is 164 g/mol. The molecule has 0 radical (unpaired) electrons. The molecule has 3 N–H and O–H groups in total. The Bertz CT molecular complexity index is 273. The zero-order valence-corrected chi connectivity index (χ0v) is 7.90. The van der Waals surface area contributed by atoms with Crippen LogP contribution in [-0.2, 0) is 0 Å². The molecule has 1 aromatic heterocycles. The molecular formula is C9H16N4. The highest BCUT2D eigenvalue weighted by Gasteiger charge is 2.20. The highest BCUT2D eigenvalue weighted by molar-refractivity contribution is 5.06. The van der Waals surface area contributed by atoms with Gasteiger partial charge in [-0.05, 0) is 26.0 Å². The molecule has 1 saturated heterocycles. The summed E-state index contributed by atoms with van der Waals surface area (Å²) in [5.41, 5.74) is 6.98. The molecule has 0 spiro atoms. The molecule has 0 aliphatic carbocycles. The van der Waals surface area contributed by atoms with Crippen LogP contribution in [0.15, 0.2) is 12.3 Å². The van der Waals surface area contributed by atoms with Gasteiger partial charge in [-0.25, -0.2) is 0 Å². The molecule has 0 saturated carbocycles. The van der Waals surface area contributed by atoms with Crippen LogP contribution >= 0.6 is 0 Å². The molecule has 0 bridgehead atoms. The molecule has 2 unspecified atom stereocenters. The Labute approximate surface area is 78.1 Å². The average Bonchev–Trinajstić information content (AvgIpc) is 2.74. The van der Waals surface area contributed by atoms with E-state index < -0.39 is 0 Å². The van der Waals surface area contributed by atoms with Gasteiger partial charge in [0.25, 0.3) is 0 Å². The van der Waals surface area contributed by atoms with Crippen molar-refractivity contribution in [2.45, 2.75) is 25.4 Å². The monoisotopic (exact) mass is 180 g/mol. The zero-order valence-electron chi connectivity index (χ0n) is 7.90. The van der Waals surface area contributed by atoms with Gasteiger partial charge in [-0.1, -0.05) is 0 Å². The molecule has 4 heteroatoms. The van der Waals surface area contributed by atoms with Crippen LogP contribution in [0.4, 0.5) is 0 Å². The quantitative estimate of drug-likeness (QED) is 0.694. The van der Waals surface area contributed by atoms with Gasteiger partial charge in [0.15, 0.2) is 0 Å². The van der Waals surface area contributed by atoms with Crippen molar-refractivity contribution < 1.29 is 0 Å². The maximum Gasteiger partial charge on any atom is 0.0659 e. The molecule has 0 amide bonds. The first-order valence-electron chi connectivity index (χ1n) is 4.78. The first-order valence-corrected chi connectivity index (χ1v) is 4.78. The lowest BCUT2D eigenvalue weighted by Crippen LogP contribution is -2.20. The van der Waals surface area contributed by atoms with Gasteiger partial charge < -0.3 is 11.1 Å². The van der Waals surface area contributed by atoms with Crippen molar-refractivity contribution in [1.29, 1.82) is 0 Å². The van der Waals surface area contributed by atoms with Gasteiger partial charge in [0.05, 0.1) is 11.7 Å². The molecule has 1 aliphatic heterocycles. The fourth-order valence-corrected chi connectivity index (χ4v) is 1.84. The van der Waals surface area contributed by atoms with Crippen LogP contribution in [0, 0.1) is 0 Å². The third-order valence-corrected chi connectivity index (χ3v) is 2.55. The Kier molecular flexibility index (Phi) is 2.33. The summed E-state index contributed by atoms with van der Waals surface area (Å²) in [5, 5.41) is 7.64. The molecule has 1 aliphatic rings. The van der Waals surface area contributed by atoms with Crippen molar-refractivity contribution in [1.82, 2.24) is 15.1 Å². The van der Waals surface area contributed by atoms with E-state index in [2.05, 4.69) is 15.1 Å². The maximum atomic E-state index is 5.85. The second-order valence-electron chi connectivity index (χ2n) is 3.64. The first-order chi connectivity index (χ1) is 6.29. The normalized spacial score (nSPS) is 24.9. The minimum atomic E-state index is 0.0723. The van der Waals surface area contributed by atoms with Crippen molar-refractivity contribution >= 4 is 0 Å². The number of nitrogens with zero attached hydrogens (tertiary/aromatic N) is 2. The maximum absolute atomic E-state index is 5.85. The van der Waals surface area contributed by atoms with Crippen LogP contribution in [-0.4, -0.2) is 22.9 Å². The Morgan fingerprint density at radius 2 is 2.62 bits per heavy atom. The van der Waals surface area contributed by atoms with Crippen LogP contribution in [0.2, 0.25) is 0 Å². The highest BCUT2D eigenvalue weighted by Crippen LogP contribution is 2.19. The van der Waals surface area contributed by atoms with Crippen molar-refractivity contribution in [3.8, 4) is 0 Å². The fraction of sp³-hybridized carbons (Fsp3) is 0.667. The standard InChI is InChI=1S/C9H16N4/c1-7(10)9-3-5-12-13(9)8-2-4-11-6-8/h3,5,7-8,11H,2,4,6,10H2,1H3. The topological polar surface area (TPSA) is 55.9 Å². The summed E-state index contributed by atoms with van der Waals surface area (Å²) in [6.45, 7) is 4.10. The lowest BCUT2D eigenvalue weighted by atomic mass is 10.2. The van der Waals surface area contributed by atoms with Crippen molar-refractivity contribution in [3.05, 3.63) is 18.0 Å². The molecule has 13 heavy (non-hydrogen) atoms. The predicted molar refractivity (Wildman–Crippen MR) is 51.4 cm³/mol. The summed E-state index contributed by atoms with van der Waals surface area (Å²) in [7, 11) is 0. The molecule has 1 aromatic rings. The Morgan fingerprint density at radius 3 is 3.23 bits per heavy atom. The van der Waals surface area contributed by atoms with E-state index in [9.17, 15) is 0 Å². The van der Waals surface area contributed by atoms with E-state index in [-0.39, 0.29) is 6.04 Å². The number of rotatable bonds is 2. The number of hydrogen-bond acceptors (Lipinski definition) is 3. The van der Waals surface area contributed by atoms with E-state index in [1.807, 2.05) is 19.2 Å². The predicted octanol–water partition coefficient (Wildman–Crippen LogP) is 0.437. The first kappa shape index (κ1) is 8.72. The average molecular weight is 180 g/mol. The summed E-state index contributed by atoms with van der Waals surface area (Å²) in [4.78, 5) is 0. The van der Waals surface area contributed by atoms with E-state index in [1.165, 1.54) is 0 Å². The smallest absolute Gasteiger partial charge is 0.0659 e. The third kappa shape index (κ3) is 1.59. The summed E-state index contributed by atoms with van der Waals surface area (Å²) in [6, 6.07) is 2.57. The SMILES string of the molecule is CC(N)c1ccnn1C1CCNC1. The van der Waals surface area contributed by atoms with E-state index >= 15 is 0 Å². The van der Waals surface area contributed by atoms with Crippen LogP contribution in [0.25, 0.3) is 0 Å². The van der Waals surface area contributed by atoms with Gasteiger partial charge in [-0.15, -0.1) is 0 Å². The second-order valence-corrected chi connectivity index (χ2v) is 3.64. The van der Waals surface area contributed by atoms with Gasteiger partial charge >= 0.3 is 0 Å². The summed E-state index contributed by atoms with van der Waals surface area (Å²) < 4.78 is 2.06. The van der Waals surface area contributed by atoms with Crippen molar-refractivity contribution in [3.63, 3.8) is 0 Å². The van der Waals surface area contributed by atoms with Crippen LogP contribution in [0.1, 0.15) is 31.1 Å². The molecule has 0 aromatic carbocycles. The number of nitrogens with two attached hydrogens (primary N) is 1. The summed E-state index contributed by atoms with van der Waals surface area (Å²) >= 11 is 0. The molecule has 72 valence electrons. The van der Waals surface area contributed by atoms with Crippen molar-refractivity contribution in [2.75, 3.05) is 13.1 Å². The third-order valence-electron chi connectivity index (χ3n) is 2.55. The van der Waals surface area contributed by atoms with Crippen molar-refractivity contribution in [2.24, 2.45) is 5.73 Å². The van der Waals surface area contributed by atoms with Crippen LogP contribution in [0.5, 0.6) is 0 Å². The van der Waals surface area contributed by atoms with Gasteiger partial charge in [0.1, 0.15) is 0 Å². The molecule has 4 nitrogen and oxygen atoms in total. The molecule has 2 rings (SSSR count). The van der Waals surface area contributed by atoms with E-state index in [0.29, 0.717) is 6.04 Å². The Morgan fingerprint density at radius 1 is 1.77 bits per heavy atom. The Hall–Kier alpha value is -0.870. The Balaban J connectivity index is 2.23. The van der Waals surface area contributed by atoms with E-state index in [4.69, 9.17) is 5.73 Å². The number of hydrogen-bond donors (Lipinski definition) is 2. The minimum absolute atomic E-state index is 0.0723. The van der Waals surface area contributed by atoms with E-state index in [1.54, 1.807) is 0 Å². The minimum Gasteiger partial charge on any atom is -0.323 e. The second kappa shape index (κ2) is 3.47. The molecule has 1 fully saturated rings. The lowest BCUT2D eigenvalue weighted by molar-refractivity contribution is 0.460. The lowest BCUT2D eigenvalue weighted by Gasteiger charge is -2.15. The van der Waals surface area contributed by atoms with Gasteiger partial charge in [0.2, 0.25) is 0 Å². The number of aromatic nitrogens is 2. The van der Waals surface area contributed by atoms with Crippen LogP contribution in [0.3, 0.4) is 0 Å². The fourth-order valence-electron chi connectivity index (χ4n) is 1.84. The van der Waals surface area contributed by atoms with E-state index in [0.717, 1.165) is 25.2 Å². The van der Waals surface area contributed by atoms with Gasteiger partial charge in [-0.2, -0.15) is 5.10 Å². The molecule has 2 heterocycles. The summed E-state index contributed by atoms with van der Waals surface area (Å²) in [6.07, 6.45) is 2.98. The summed E-state index contributed by atoms with van der Waals surface area (Å²) in [5.74, 6) is 0. The van der Waals surface area contributed by atoms with Gasteiger partial charge in [0, 0.05) is 18.8 Å². The van der Waals surface area contributed by atoms with Crippen LogP contribution < -0.4 is 11.1 Å². The zero-order chi connectivity index (χ0) is 9.26.